The van der Waals surface area contributed by atoms with E-state index in [4.69, 9.17) is 0 Å². The van der Waals surface area contributed by atoms with Gasteiger partial charge in [-0.2, -0.15) is 0 Å². The third-order valence-electron chi connectivity index (χ3n) is 3.10. The average Bonchev–Trinajstić information content (AvgIpc) is 2.41. The molecule has 0 aromatic heterocycles. The van der Waals surface area contributed by atoms with Gasteiger partial charge in [0.1, 0.15) is 0 Å². The number of hydrogen-bond donors (Lipinski definition) is 0. The van der Waals surface area contributed by atoms with Crippen LogP contribution in [0, 0.1) is 0 Å². The molecule has 2 aromatic rings. The lowest BCUT2D eigenvalue weighted by Gasteiger charge is -2.24. The van der Waals surface area contributed by atoms with Crippen LogP contribution in [0.2, 0.25) is 0 Å². The number of hydrogen-bond acceptors (Lipinski definition) is 0. The van der Waals surface area contributed by atoms with Crippen LogP contribution in [0.15, 0.2) is 60.7 Å². The summed E-state index contributed by atoms with van der Waals surface area (Å²) in [6.07, 6.45) is 1.23. The third kappa shape index (κ3) is 2.96. The molecule has 88 valence electrons. The Hall–Kier alpha value is -1.13. The smallest absolute Gasteiger partial charge is 0.0160 e. The zero-order valence-electron chi connectivity index (χ0n) is 10.5. The summed E-state index contributed by atoms with van der Waals surface area (Å²) in [5, 5.41) is 2.98. The fourth-order valence-electron chi connectivity index (χ4n) is 2.02. The van der Waals surface area contributed by atoms with Crippen LogP contribution in [0.25, 0.3) is 0 Å². The van der Waals surface area contributed by atoms with Gasteiger partial charge in [-0.1, -0.05) is 74.5 Å². The molecular weight excluding hydrogens is 223 g/mol. The third-order valence-corrected chi connectivity index (χ3v) is 6.06. The lowest BCUT2D eigenvalue weighted by molar-refractivity contribution is 0.899. The van der Waals surface area contributed by atoms with Gasteiger partial charge < -0.3 is 0 Å². The predicted octanol–water partition coefficient (Wildman–Crippen LogP) is 3.92. The van der Waals surface area contributed by atoms with Gasteiger partial charge in [-0.25, -0.2) is 0 Å². The van der Waals surface area contributed by atoms with Gasteiger partial charge in [-0.3, -0.25) is 0 Å². The molecule has 2 rings (SSSR count). The summed E-state index contributed by atoms with van der Waals surface area (Å²) in [7, 11) is -0.212. The SMILES string of the molecule is CC[C@@H](C)P(c1ccccc1)c1ccccc1. The van der Waals surface area contributed by atoms with Crippen molar-refractivity contribution in [3.8, 4) is 0 Å². The summed E-state index contributed by atoms with van der Waals surface area (Å²) in [5.74, 6) is 0. The zero-order valence-corrected chi connectivity index (χ0v) is 11.4. The lowest BCUT2D eigenvalue weighted by atomic mass is 10.3. The van der Waals surface area contributed by atoms with E-state index in [9.17, 15) is 0 Å². The van der Waals surface area contributed by atoms with Crippen molar-refractivity contribution in [3.05, 3.63) is 60.7 Å². The minimum absolute atomic E-state index is 0.212. The Morgan fingerprint density at radius 1 is 0.824 bits per heavy atom. The van der Waals surface area contributed by atoms with Crippen molar-refractivity contribution >= 4 is 18.5 Å². The van der Waals surface area contributed by atoms with Crippen LogP contribution < -0.4 is 10.6 Å². The molecular formula is C16H19P. The van der Waals surface area contributed by atoms with Crippen molar-refractivity contribution in [1.29, 1.82) is 0 Å². The molecule has 0 aliphatic rings. The first kappa shape index (κ1) is 12.3. The van der Waals surface area contributed by atoms with Gasteiger partial charge in [0.15, 0.2) is 0 Å². The number of rotatable bonds is 4. The minimum Gasteiger partial charge on any atom is -0.0648 e. The first-order valence-electron chi connectivity index (χ1n) is 6.22. The highest BCUT2D eigenvalue weighted by molar-refractivity contribution is 7.73. The summed E-state index contributed by atoms with van der Waals surface area (Å²) in [6.45, 7) is 4.65. The molecule has 0 heterocycles. The Balaban J connectivity index is 2.39. The van der Waals surface area contributed by atoms with Crippen molar-refractivity contribution in [2.24, 2.45) is 0 Å². The van der Waals surface area contributed by atoms with E-state index >= 15 is 0 Å². The predicted molar refractivity (Wildman–Crippen MR) is 78.8 cm³/mol. The van der Waals surface area contributed by atoms with E-state index in [0.717, 1.165) is 5.66 Å². The van der Waals surface area contributed by atoms with Crippen molar-refractivity contribution < 1.29 is 0 Å². The molecule has 2 aromatic carbocycles. The Morgan fingerprint density at radius 3 is 1.59 bits per heavy atom. The highest BCUT2D eigenvalue weighted by atomic mass is 31.1. The molecule has 0 nitrogen and oxygen atoms in total. The fourth-order valence-corrected chi connectivity index (χ4v) is 4.69. The van der Waals surface area contributed by atoms with Gasteiger partial charge in [0.25, 0.3) is 0 Å². The van der Waals surface area contributed by atoms with Crippen molar-refractivity contribution in [2.75, 3.05) is 0 Å². The monoisotopic (exact) mass is 242 g/mol. The van der Waals surface area contributed by atoms with E-state index < -0.39 is 0 Å². The van der Waals surface area contributed by atoms with E-state index in [2.05, 4.69) is 74.5 Å². The van der Waals surface area contributed by atoms with Gasteiger partial charge in [-0.05, 0) is 30.6 Å². The van der Waals surface area contributed by atoms with Crippen LogP contribution in [-0.4, -0.2) is 5.66 Å². The molecule has 1 heteroatoms. The van der Waals surface area contributed by atoms with Crippen LogP contribution in [0.4, 0.5) is 0 Å². The molecule has 0 aliphatic carbocycles. The normalized spacial score (nSPS) is 12.6. The molecule has 17 heavy (non-hydrogen) atoms. The molecule has 0 aliphatic heterocycles. The summed E-state index contributed by atoms with van der Waals surface area (Å²) < 4.78 is 0. The maximum atomic E-state index is 2.37. The first-order chi connectivity index (χ1) is 8.33. The summed E-state index contributed by atoms with van der Waals surface area (Å²) in [4.78, 5) is 0. The molecule has 0 unspecified atom stereocenters. The Bertz CT molecular complexity index is 396. The highest BCUT2D eigenvalue weighted by Gasteiger charge is 2.18. The van der Waals surface area contributed by atoms with E-state index in [1.165, 1.54) is 17.0 Å². The first-order valence-corrected chi connectivity index (χ1v) is 7.63. The molecule has 0 spiro atoms. The summed E-state index contributed by atoms with van der Waals surface area (Å²) in [5.41, 5.74) is 0.731. The number of benzene rings is 2. The molecule has 0 fully saturated rings. The van der Waals surface area contributed by atoms with Gasteiger partial charge in [0.2, 0.25) is 0 Å². The molecule has 0 bridgehead atoms. The van der Waals surface area contributed by atoms with Crippen molar-refractivity contribution in [3.63, 3.8) is 0 Å². The van der Waals surface area contributed by atoms with Crippen LogP contribution in [0.1, 0.15) is 20.3 Å². The van der Waals surface area contributed by atoms with Gasteiger partial charge >= 0.3 is 0 Å². The second kappa shape index (κ2) is 5.98. The molecule has 0 N–H and O–H groups in total. The van der Waals surface area contributed by atoms with Crippen LogP contribution >= 0.6 is 7.92 Å². The lowest BCUT2D eigenvalue weighted by Crippen LogP contribution is -2.19. The standard InChI is InChI=1S/C16H19P/c1-3-14(2)17(15-10-6-4-7-11-15)16-12-8-5-9-13-16/h4-14H,3H2,1-2H3/t14-/m1/s1. The Labute approximate surface area is 105 Å². The largest absolute Gasteiger partial charge is 0.0648 e. The molecule has 1 atom stereocenters. The Morgan fingerprint density at radius 2 is 1.24 bits per heavy atom. The second-order valence-corrected chi connectivity index (χ2v) is 6.95. The molecule has 0 saturated heterocycles. The quantitative estimate of drug-likeness (QED) is 0.713. The van der Waals surface area contributed by atoms with Crippen LogP contribution in [-0.2, 0) is 0 Å². The highest BCUT2D eigenvalue weighted by Crippen LogP contribution is 2.40. The van der Waals surface area contributed by atoms with Crippen molar-refractivity contribution in [2.45, 2.75) is 25.9 Å². The van der Waals surface area contributed by atoms with E-state index in [1.54, 1.807) is 0 Å². The second-order valence-electron chi connectivity index (χ2n) is 4.30. The van der Waals surface area contributed by atoms with E-state index in [-0.39, 0.29) is 7.92 Å². The maximum Gasteiger partial charge on any atom is -0.0160 e. The Kier molecular flexibility index (Phi) is 4.34. The van der Waals surface area contributed by atoms with Gasteiger partial charge in [-0.15, -0.1) is 0 Å². The minimum atomic E-state index is -0.212. The maximum absolute atomic E-state index is 2.37. The molecule has 0 radical (unpaired) electrons. The average molecular weight is 242 g/mol. The summed E-state index contributed by atoms with van der Waals surface area (Å²) >= 11 is 0. The van der Waals surface area contributed by atoms with Crippen molar-refractivity contribution in [1.82, 2.24) is 0 Å². The summed E-state index contributed by atoms with van der Waals surface area (Å²) in [6, 6.07) is 21.9. The topological polar surface area (TPSA) is 0 Å². The van der Waals surface area contributed by atoms with Gasteiger partial charge in [0.05, 0.1) is 0 Å². The fraction of sp³-hybridized carbons (Fsp3) is 0.250. The molecule has 0 saturated carbocycles. The van der Waals surface area contributed by atoms with Gasteiger partial charge in [0, 0.05) is 0 Å². The van der Waals surface area contributed by atoms with Crippen LogP contribution in [0.3, 0.4) is 0 Å². The van der Waals surface area contributed by atoms with Crippen LogP contribution in [0.5, 0.6) is 0 Å². The molecule has 0 amide bonds. The zero-order chi connectivity index (χ0) is 12.1. The van der Waals surface area contributed by atoms with E-state index in [1.807, 2.05) is 0 Å². The van der Waals surface area contributed by atoms with E-state index in [0.29, 0.717) is 0 Å².